The van der Waals surface area contributed by atoms with Crippen LogP contribution in [0.1, 0.15) is 20.8 Å². The third-order valence-corrected chi connectivity index (χ3v) is 3.94. The summed E-state index contributed by atoms with van der Waals surface area (Å²) in [5.41, 5.74) is 5.28. The predicted molar refractivity (Wildman–Crippen MR) is 43.8 cm³/mol. The highest BCUT2D eigenvalue weighted by Gasteiger charge is 2.37. The molecule has 0 radical (unpaired) electrons. The molecule has 0 aromatic heterocycles. The van der Waals surface area contributed by atoms with Crippen LogP contribution in [0.3, 0.4) is 0 Å². The van der Waals surface area contributed by atoms with Crippen molar-refractivity contribution in [3.05, 3.63) is 0 Å². The topological polar surface area (TPSA) is 80.4 Å². The van der Waals surface area contributed by atoms with E-state index in [2.05, 4.69) is 0 Å². The van der Waals surface area contributed by atoms with E-state index in [9.17, 15) is 8.42 Å². The van der Waals surface area contributed by atoms with E-state index < -0.39 is 14.9 Å². The highest BCUT2D eigenvalue weighted by atomic mass is 32.2. The first kappa shape index (κ1) is 10.9. The maximum absolute atomic E-state index is 10.8. The van der Waals surface area contributed by atoms with Gasteiger partial charge in [-0.2, -0.15) is 8.42 Å². The van der Waals surface area contributed by atoms with Crippen LogP contribution < -0.4 is 5.73 Å². The highest BCUT2D eigenvalue weighted by Crippen LogP contribution is 2.23. The molecule has 0 aliphatic heterocycles. The van der Waals surface area contributed by atoms with Gasteiger partial charge in [-0.3, -0.25) is 4.55 Å². The molecule has 0 spiro atoms. The van der Waals surface area contributed by atoms with Crippen LogP contribution in [0, 0.1) is 5.92 Å². The van der Waals surface area contributed by atoms with Crippen LogP contribution >= 0.6 is 0 Å². The molecule has 0 heterocycles. The predicted octanol–water partition coefficient (Wildman–Crippen LogP) is 0.248. The average Bonchev–Trinajstić information content (AvgIpc) is 1.83. The molecule has 11 heavy (non-hydrogen) atoms. The maximum atomic E-state index is 10.8. The Kier molecular flexibility index (Phi) is 3.05. The summed E-state index contributed by atoms with van der Waals surface area (Å²) in [4.78, 5) is 0. The molecule has 0 fully saturated rings. The van der Waals surface area contributed by atoms with E-state index in [1.165, 1.54) is 13.8 Å². The van der Waals surface area contributed by atoms with E-state index >= 15 is 0 Å². The van der Waals surface area contributed by atoms with Gasteiger partial charge in [-0.05, 0) is 26.3 Å². The summed E-state index contributed by atoms with van der Waals surface area (Å²) in [5.74, 6) is -0.252. The van der Waals surface area contributed by atoms with Crippen LogP contribution in [-0.2, 0) is 10.1 Å². The lowest BCUT2D eigenvalue weighted by Gasteiger charge is -2.26. The van der Waals surface area contributed by atoms with Crippen molar-refractivity contribution in [2.24, 2.45) is 11.7 Å². The maximum Gasteiger partial charge on any atom is 0.270 e. The molecule has 4 nitrogen and oxygen atoms in total. The molecular weight excluding hydrogens is 166 g/mol. The Morgan fingerprint density at radius 1 is 1.55 bits per heavy atom. The van der Waals surface area contributed by atoms with Crippen LogP contribution in [-0.4, -0.2) is 24.3 Å². The van der Waals surface area contributed by atoms with Gasteiger partial charge in [0.2, 0.25) is 0 Å². The van der Waals surface area contributed by atoms with Gasteiger partial charge in [-0.25, -0.2) is 0 Å². The molecular formula is C6H15NO3S. The summed E-state index contributed by atoms with van der Waals surface area (Å²) in [6.07, 6.45) is 0. The summed E-state index contributed by atoms with van der Waals surface area (Å²) in [6.45, 7) is 4.85. The van der Waals surface area contributed by atoms with E-state index in [-0.39, 0.29) is 12.5 Å². The summed E-state index contributed by atoms with van der Waals surface area (Å²) in [5, 5.41) is 0. The molecule has 0 aliphatic carbocycles. The Hall–Kier alpha value is -0.130. The number of rotatable bonds is 3. The Morgan fingerprint density at radius 2 is 1.91 bits per heavy atom. The van der Waals surface area contributed by atoms with E-state index in [0.717, 1.165) is 0 Å². The van der Waals surface area contributed by atoms with Crippen LogP contribution in [0.25, 0.3) is 0 Å². The average molecular weight is 181 g/mol. The Bertz CT molecular complexity index is 220. The molecule has 0 amide bonds. The fourth-order valence-electron chi connectivity index (χ4n) is 0.538. The third-order valence-electron chi connectivity index (χ3n) is 2.21. The third kappa shape index (κ3) is 2.15. The molecule has 5 heteroatoms. The standard InChI is InChI=1S/C6H15NO3S/c1-5(4-7)6(2,3)11(8,9)10/h5H,4,7H2,1-3H3,(H,8,9,10). The summed E-state index contributed by atoms with van der Waals surface area (Å²) < 4.78 is 29.1. The van der Waals surface area contributed by atoms with E-state index in [4.69, 9.17) is 10.3 Å². The van der Waals surface area contributed by atoms with Crippen molar-refractivity contribution in [2.75, 3.05) is 6.54 Å². The first-order valence-electron chi connectivity index (χ1n) is 3.40. The fraction of sp³-hybridized carbons (Fsp3) is 1.00. The largest absolute Gasteiger partial charge is 0.330 e. The minimum Gasteiger partial charge on any atom is -0.330 e. The van der Waals surface area contributed by atoms with Crippen molar-refractivity contribution in [1.29, 1.82) is 0 Å². The molecule has 1 atom stereocenters. The van der Waals surface area contributed by atoms with Gasteiger partial charge in [0.25, 0.3) is 10.1 Å². The summed E-state index contributed by atoms with van der Waals surface area (Å²) in [7, 11) is -3.99. The van der Waals surface area contributed by atoms with Gasteiger partial charge in [0, 0.05) is 0 Å². The van der Waals surface area contributed by atoms with Gasteiger partial charge in [0.1, 0.15) is 0 Å². The van der Waals surface area contributed by atoms with Crippen molar-refractivity contribution in [3.8, 4) is 0 Å². The SMILES string of the molecule is CC(CN)C(C)(C)S(=O)(=O)O. The normalized spacial score (nSPS) is 16.5. The van der Waals surface area contributed by atoms with Crippen LogP contribution in [0.5, 0.6) is 0 Å². The van der Waals surface area contributed by atoms with E-state index in [1.54, 1.807) is 6.92 Å². The van der Waals surface area contributed by atoms with Crippen molar-refractivity contribution in [3.63, 3.8) is 0 Å². The number of hydrogen-bond donors (Lipinski definition) is 2. The van der Waals surface area contributed by atoms with Crippen molar-refractivity contribution in [2.45, 2.75) is 25.5 Å². The highest BCUT2D eigenvalue weighted by molar-refractivity contribution is 7.87. The van der Waals surface area contributed by atoms with Crippen molar-refractivity contribution < 1.29 is 13.0 Å². The molecule has 0 aliphatic rings. The van der Waals surface area contributed by atoms with Crippen molar-refractivity contribution in [1.82, 2.24) is 0 Å². The smallest absolute Gasteiger partial charge is 0.270 e. The molecule has 68 valence electrons. The molecule has 0 bridgehead atoms. The lowest BCUT2D eigenvalue weighted by molar-refractivity contribution is 0.380. The lowest BCUT2D eigenvalue weighted by atomic mass is 9.97. The second kappa shape index (κ2) is 3.08. The van der Waals surface area contributed by atoms with Gasteiger partial charge in [0.05, 0.1) is 4.75 Å². The molecule has 0 saturated heterocycles. The zero-order chi connectivity index (χ0) is 9.28. The summed E-state index contributed by atoms with van der Waals surface area (Å²) >= 11 is 0. The minimum absolute atomic E-state index is 0.243. The van der Waals surface area contributed by atoms with Crippen LogP contribution in [0.2, 0.25) is 0 Å². The summed E-state index contributed by atoms with van der Waals surface area (Å²) in [6, 6.07) is 0. The monoisotopic (exact) mass is 181 g/mol. The zero-order valence-corrected chi connectivity index (χ0v) is 7.85. The van der Waals surface area contributed by atoms with E-state index in [0.29, 0.717) is 0 Å². The molecule has 0 rings (SSSR count). The van der Waals surface area contributed by atoms with Crippen LogP contribution in [0.15, 0.2) is 0 Å². The Morgan fingerprint density at radius 3 is 2.00 bits per heavy atom. The van der Waals surface area contributed by atoms with Crippen LogP contribution in [0.4, 0.5) is 0 Å². The second-order valence-electron chi connectivity index (χ2n) is 3.22. The second-order valence-corrected chi connectivity index (χ2v) is 5.22. The van der Waals surface area contributed by atoms with Gasteiger partial charge >= 0.3 is 0 Å². The molecule has 0 aromatic carbocycles. The first-order valence-corrected chi connectivity index (χ1v) is 4.84. The van der Waals surface area contributed by atoms with Gasteiger partial charge < -0.3 is 5.73 Å². The fourth-order valence-corrected chi connectivity index (χ4v) is 1.14. The quantitative estimate of drug-likeness (QED) is 0.611. The Balaban J connectivity index is 4.74. The van der Waals surface area contributed by atoms with Gasteiger partial charge in [-0.15, -0.1) is 0 Å². The van der Waals surface area contributed by atoms with Gasteiger partial charge in [0.15, 0.2) is 0 Å². The van der Waals surface area contributed by atoms with Crippen molar-refractivity contribution >= 4 is 10.1 Å². The lowest BCUT2D eigenvalue weighted by Crippen LogP contribution is -2.41. The molecule has 1 unspecified atom stereocenters. The molecule has 3 N–H and O–H groups in total. The number of hydrogen-bond acceptors (Lipinski definition) is 3. The minimum atomic E-state index is -3.99. The Labute approximate surface area is 67.5 Å². The number of nitrogens with two attached hydrogens (primary N) is 1. The zero-order valence-electron chi connectivity index (χ0n) is 7.03. The molecule has 0 aromatic rings. The van der Waals surface area contributed by atoms with E-state index in [1.807, 2.05) is 0 Å². The van der Waals surface area contributed by atoms with Gasteiger partial charge in [-0.1, -0.05) is 6.92 Å². The molecule has 0 saturated carbocycles. The first-order chi connectivity index (χ1) is 4.73.